The van der Waals surface area contributed by atoms with Gasteiger partial charge in [0.15, 0.2) is 0 Å². The van der Waals surface area contributed by atoms with Gasteiger partial charge in [-0.1, -0.05) is 230 Å². The van der Waals surface area contributed by atoms with E-state index in [1.807, 2.05) is 6.08 Å². The number of nitrogens with one attached hydrogen (secondary N) is 1. The van der Waals surface area contributed by atoms with Crippen molar-refractivity contribution in [1.29, 1.82) is 0 Å². The Morgan fingerprint density at radius 3 is 1.34 bits per heavy atom. The molecule has 0 bridgehead atoms. The number of amides is 1. The molecule has 6 heteroatoms. The maximum Gasteiger partial charge on any atom is 0.305 e. The van der Waals surface area contributed by atoms with Crippen molar-refractivity contribution in [3.05, 3.63) is 36.5 Å². The highest BCUT2D eigenvalue weighted by molar-refractivity contribution is 5.76. The second-order valence-electron chi connectivity index (χ2n) is 17.5. The van der Waals surface area contributed by atoms with Gasteiger partial charge in [0.05, 0.1) is 25.4 Å². The highest BCUT2D eigenvalue weighted by Gasteiger charge is 2.18. The second-order valence-corrected chi connectivity index (χ2v) is 17.5. The van der Waals surface area contributed by atoms with Crippen LogP contribution in [0.5, 0.6) is 0 Å². The summed E-state index contributed by atoms with van der Waals surface area (Å²) in [5.41, 5.74) is 0. The van der Waals surface area contributed by atoms with Crippen LogP contribution in [0.2, 0.25) is 0 Å². The third kappa shape index (κ3) is 45.4. The van der Waals surface area contributed by atoms with Gasteiger partial charge in [0, 0.05) is 12.8 Å². The Morgan fingerprint density at radius 2 is 0.864 bits per heavy atom. The third-order valence-corrected chi connectivity index (χ3v) is 11.7. The molecule has 0 saturated carbocycles. The molecule has 0 rings (SSSR count). The fourth-order valence-corrected chi connectivity index (χ4v) is 7.65. The highest BCUT2D eigenvalue weighted by Crippen LogP contribution is 2.15. The molecule has 6 nitrogen and oxygen atoms in total. The van der Waals surface area contributed by atoms with Crippen molar-refractivity contribution in [2.75, 3.05) is 13.2 Å². The minimum atomic E-state index is -0.858. The van der Waals surface area contributed by atoms with Gasteiger partial charge in [-0.2, -0.15) is 0 Å². The predicted molar refractivity (Wildman–Crippen MR) is 255 cm³/mol. The molecule has 0 aliphatic rings. The molecule has 3 N–H and O–H groups in total. The summed E-state index contributed by atoms with van der Waals surface area (Å²) in [4.78, 5) is 24.4. The number of carbonyl (C=O) groups excluding carboxylic acids is 2. The van der Waals surface area contributed by atoms with Crippen LogP contribution in [0.4, 0.5) is 0 Å². The minimum Gasteiger partial charge on any atom is -0.466 e. The summed E-state index contributed by atoms with van der Waals surface area (Å²) in [6.45, 7) is 4.81. The zero-order chi connectivity index (χ0) is 43.0. The molecule has 0 saturated heterocycles. The van der Waals surface area contributed by atoms with Crippen LogP contribution >= 0.6 is 0 Å². The number of rotatable bonds is 47. The molecule has 59 heavy (non-hydrogen) atoms. The Balaban J connectivity index is 3.53. The van der Waals surface area contributed by atoms with E-state index in [-0.39, 0.29) is 18.5 Å². The maximum atomic E-state index is 12.4. The lowest BCUT2D eigenvalue weighted by Gasteiger charge is -2.20. The number of carbonyl (C=O) groups is 2. The summed E-state index contributed by atoms with van der Waals surface area (Å²) in [7, 11) is 0. The van der Waals surface area contributed by atoms with E-state index in [0.29, 0.717) is 19.4 Å². The molecule has 0 aromatic carbocycles. The number of hydrogen-bond donors (Lipinski definition) is 3. The van der Waals surface area contributed by atoms with E-state index in [1.54, 1.807) is 6.08 Å². The molecule has 0 fully saturated rings. The van der Waals surface area contributed by atoms with Gasteiger partial charge in [-0.05, 0) is 57.8 Å². The van der Waals surface area contributed by atoms with Crippen LogP contribution in [-0.2, 0) is 14.3 Å². The van der Waals surface area contributed by atoms with E-state index in [4.69, 9.17) is 4.74 Å². The molecule has 0 spiro atoms. The third-order valence-electron chi connectivity index (χ3n) is 11.7. The Labute approximate surface area is 366 Å². The van der Waals surface area contributed by atoms with Gasteiger partial charge in [-0.3, -0.25) is 9.59 Å². The summed E-state index contributed by atoms with van der Waals surface area (Å²) in [5.74, 6) is -0.118. The highest BCUT2D eigenvalue weighted by atomic mass is 16.5. The van der Waals surface area contributed by atoms with Crippen LogP contribution in [0.15, 0.2) is 36.5 Å². The van der Waals surface area contributed by atoms with Gasteiger partial charge in [0.2, 0.25) is 5.91 Å². The van der Waals surface area contributed by atoms with Crippen LogP contribution in [0.25, 0.3) is 0 Å². The number of ether oxygens (including phenoxy) is 1. The van der Waals surface area contributed by atoms with Crippen LogP contribution in [-0.4, -0.2) is 47.4 Å². The van der Waals surface area contributed by atoms with E-state index in [0.717, 1.165) is 70.6 Å². The molecule has 1 amide bonds. The van der Waals surface area contributed by atoms with Gasteiger partial charge in [0.1, 0.15) is 0 Å². The van der Waals surface area contributed by atoms with Crippen molar-refractivity contribution < 1.29 is 24.5 Å². The monoisotopic (exact) mass is 830 g/mol. The summed E-state index contributed by atoms with van der Waals surface area (Å²) < 4.78 is 5.44. The molecule has 346 valence electrons. The standard InChI is InChI=1S/C53H99NO5/c1-3-5-7-9-11-13-15-17-19-20-21-22-25-29-33-37-41-45-51(56)50(49-55)54-52(57)46-42-38-34-30-26-24-28-32-36-40-44-48-59-53(58)47-43-39-35-31-27-23-18-16-14-12-10-8-6-4-2/h10,12,16,18,41,45,50-51,55-56H,3-9,11,13-15,17,19-40,42-44,46-49H2,1-2H3,(H,54,57)/b12-10-,18-16-,45-41+. The smallest absolute Gasteiger partial charge is 0.305 e. The normalized spacial score (nSPS) is 12.9. The molecule has 0 aliphatic heterocycles. The zero-order valence-electron chi connectivity index (χ0n) is 39.2. The number of unbranched alkanes of at least 4 members (excludes halogenated alkanes) is 32. The number of aliphatic hydroxyl groups excluding tert-OH is 2. The summed E-state index contributed by atoms with van der Waals surface area (Å²) in [5, 5.41) is 23.1. The molecule has 2 unspecified atom stereocenters. The van der Waals surface area contributed by atoms with Crippen LogP contribution in [0.1, 0.15) is 264 Å². The molecule has 0 aromatic rings. The fourth-order valence-electron chi connectivity index (χ4n) is 7.65. The first-order valence-electron chi connectivity index (χ1n) is 25.8. The average molecular weight is 830 g/mol. The Morgan fingerprint density at radius 1 is 0.475 bits per heavy atom. The Kier molecular flexibility index (Phi) is 47.2. The largest absolute Gasteiger partial charge is 0.466 e. The number of aliphatic hydroxyl groups is 2. The van der Waals surface area contributed by atoms with Gasteiger partial charge < -0.3 is 20.3 Å². The van der Waals surface area contributed by atoms with E-state index >= 15 is 0 Å². The lowest BCUT2D eigenvalue weighted by atomic mass is 10.0. The van der Waals surface area contributed by atoms with Crippen molar-refractivity contribution in [3.63, 3.8) is 0 Å². The molecular formula is C53H99NO5. The second kappa shape index (κ2) is 48.7. The lowest BCUT2D eigenvalue weighted by molar-refractivity contribution is -0.143. The zero-order valence-corrected chi connectivity index (χ0v) is 39.2. The lowest BCUT2D eigenvalue weighted by Crippen LogP contribution is -2.45. The molecular weight excluding hydrogens is 731 g/mol. The van der Waals surface area contributed by atoms with Gasteiger partial charge in [-0.25, -0.2) is 0 Å². The first-order chi connectivity index (χ1) is 29.0. The SMILES string of the molecule is CCCC/C=C\C/C=C\CCCCCCCC(=O)OCCCCCCCCCCCCCC(=O)NC(CO)C(O)/C=C/CCCCCCCCCCCCCCCCC. The summed E-state index contributed by atoms with van der Waals surface area (Å²) >= 11 is 0. The predicted octanol–water partition coefficient (Wildman–Crippen LogP) is 15.3. The topological polar surface area (TPSA) is 95.9 Å². The molecule has 0 aromatic heterocycles. The van der Waals surface area contributed by atoms with Gasteiger partial charge in [-0.15, -0.1) is 0 Å². The molecule has 0 aliphatic carbocycles. The van der Waals surface area contributed by atoms with Crippen molar-refractivity contribution in [1.82, 2.24) is 5.32 Å². The minimum absolute atomic E-state index is 0.0304. The van der Waals surface area contributed by atoms with Crippen LogP contribution < -0.4 is 5.32 Å². The number of allylic oxidation sites excluding steroid dienone is 5. The van der Waals surface area contributed by atoms with Crippen LogP contribution in [0, 0.1) is 0 Å². The average Bonchev–Trinajstić information content (AvgIpc) is 3.24. The molecule has 2 atom stereocenters. The molecule has 0 radical (unpaired) electrons. The fraction of sp³-hybridized carbons (Fsp3) is 0.849. The van der Waals surface area contributed by atoms with E-state index in [1.165, 1.54) is 167 Å². The summed E-state index contributed by atoms with van der Waals surface area (Å²) in [6.07, 6.45) is 58.5. The van der Waals surface area contributed by atoms with E-state index < -0.39 is 12.1 Å². The molecule has 0 heterocycles. The number of esters is 1. The van der Waals surface area contributed by atoms with Gasteiger partial charge in [0.25, 0.3) is 0 Å². The van der Waals surface area contributed by atoms with Crippen molar-refractivity contribution in [2.24, 2.45) is 0 Å². The first-order valence-corrected chi connectivity index (χ1v) is 25.8. The Bertz CT molecular complexity index is 962. The quantitative estimate of drug-likeness (QED) is 0.0323. The van der Waals surface area contributed by atoms with Gasteiger partial charge >= 0.3 is 5.97 Å². The summed E-state index contributed by atoms with van der Waals surface area (Å²) in [6, 6.07) is -0.643. The maximum absolute atomic E-state index is 12.4. The number of hydrogen-bond acceptors (Lipinski definition) is 5. The Hall–Kier alpha value is -1.92. The van der Waals surface area contributed by atoms with E-state index in [9.17, 15) is 19.8 Å². The van der Waals surface area contributed by atoms with Crippen molar-refractivity contribution in [3.8, 4) is 0 Å². The van der Waals surface area contributed by atoms with Crippen molar-refractivity contribution in [2.45, 2.75) is 276 Å². The first kappa shape index (κ1) is 57.1. The van der Waals surface area contributed by atoms with E-state index in [2.05, 4.69) is 43.5 Å². The van der Waals surface area contributed by atoms with Crippen LogP contribution in [0.3, 0.4) is 0 Å². The van der Waals surface area contributed by atoms with Crippen molar-refractivity contribution >= 4 is 11.9 Å².